The van der Waals surface area contributed by atoms with E-state index in [9.17, 15) is 34.0 Å². The molecule has 14 atom stereocenters. The number of nitrogens with zero attached hydrogens (tertiary/aromatic N) is 4. The zero-order valence-electron chi connectivity index (χ0n) is 37.9. The third kappa shape index (κ3) is 10.9. The topological polar surface area (TPSA) is 224 Å². The molecule has 3 aliphatic heterocycles. The number of fused-ring (bicyclic) bond motifs is 1. The van der Waals surface area contributed by atoms with Crippen LogP contribution in [0.25, 0.3) is 0 Å². The van der Waals surface area contributed by atoms with Crippen LogP contribution in [0.1, 0.15) is 92.7 Å². The molecule has 0 aromatic carbocycles. The lowest BCUT2D eigenvalue weighted by molar-refractivity contribution is -0.301. The van der Waals surface area contributed by atoms with Crippen LogP contribution in [0, 0.1) is 35.0 Å². The number of amides is 1. The van der Waals surface area contributed by atoms with Gasteiger partial charge in [-0.2, -0.15) is 5.26 Å². The van der Waals surface area contributed by atoms with Gasteiger partial charge in [-0.25, -0.2) is 9.59 Å². The van der Waals surface area contributed by atoms with Crippen LogP contribution in [0.15, 0.2) is 43.0 Å². The molecule has 63 heavy (non-hydrogen) atoms. The monoisotopic (exact) mass is 879 g/mol. The maximum atomic E-state index is 14.7. The number of ether oxygens (including phenoxy) is 7. The van der Waals surface area contributed by atoms with E-state index in [1.165, 1.54) is 38.5 Å². The standard InChI is InChI=1S/C45H61N5O13/c1-12-33-45(9)38(48-42(55)62-45)26(4)35(53)24(2)20-44(8,63-43(56)50-17-15-31(21-46)23-50)39(61-41-37(58-29(7)51)32(49(10)11)18-25(3)57-41)27(5)36(28(6)40(54)59-33)60-34(52)19-30-14-13-16-47-22-30/h13-17,22-28,32-33,36-39,41H,12,18-20H2,1-11H3,(H,48,55)/t24-,25-,26+,27+,28-,32+,33-,36+,37-,38-,39-,41+,44-,45-/m1/s1. The number of alkyl carbamates (subject to hydrolysis) is 1. The molecule has 0 radical (unpaired) electrons. The fourth-order valence-electron chi connectivity index (χ4n) is 9.43. The van der Waals surface area contributed by atoms with E-state index < -0.39 is 114 Å². The summed E-state index contributed by atoms with van der Waals surface area (Å²) >= 11 is 0. The summed E-state index contributed by atoms with van der Waals surface area (Å²) in [5.41, 5.74) is -2.65. The van der Waals surface area contributed by atoms with E-state index in [1.807, 2.05) is 32.0 Å². The maximum Gasteiger partial charge on any atom is 0.418 e. The van der Waals surface area contributed by atoms with Crippen LogP contribution in [-0.4, -0.2) is 125 Å². The van der Waals surface area contributed by atoms with Gasteiger partial charge in [-0.3, -0.25) is 28.7 Å². The Kier molecular flexibility index (Phi) is 15.4. The molecule has 0 unspecified atom stereocenters. The number of hydrogen-bond acceptors (Lipinski definition) is 16. The Balaban J connectivity index is 1.73. The van der Waals surface area contributed by atoms with Crippen LogP contribution in [0.3, 0.4) is 0 Å². The Labute approximate surface area is 368 Å². The van der Waals surface area contributed by atoms with Gasteiger partial charge in [-0.05, 0) is 78.7 Å². The molecule has 3 fully saturated rings. The van der Waals surface area contributed by atoms with E-state index in [-0.39, 0.29) is 30.6 Å². The molecule has 2 aromatic heterocycles. The first-order valence-electron chi connectivity index (χ1n) is 21.4. The molecule has 0 aliphatic carbocycles. The molecule has 344 valence electrons. The zero-order valence-corrected chi connectivity index (χ0v) is 37.9. The minimum absolute atomic E-state index is 0.174. The van der Waals surface area contributed by atoms with Gasteiger partial charge in [0, 0.05) is 49.5 Å². The summed E-state index contributed by atoms with van der Waals surface area (Å²) in [6, 6.07) is 5.39. The van der Waals surface area contributed by atoms with Gasteiger partial charge in [0.1, 0.15) is 35.8 Å². The third-order valence-corrected chi connectivity index (χ3v) is 12.6. The molecule has 1 amide bonds. The molecular formula is C45H61N5O13. The van der Waals surface area contributed by atoms with Crippen LogP contribution >= 0.6 is 0 Å². The third-order valence-electron chi connectivity index (χ3n) is 12.6. The second-order valence-corrected chi connectivity index (χ2v) is 17.8. The molecule has 3 saturated heterocycles. The van der Waals surface area contributed by atoms with Crippen molar-refractivity contribution in [1.82, 2.24) is 19.8 Å². The number of cyclic esters (lactones) is 1. The molecule has 5 rings (SSSR count). The Bertz CT molecular complexity index is 2040. The smallest absolute Gasteiger partial charge is 0.418 e. The molecule has 18 nitrogen and oxygen atoms in total. The Morgan fingerprint density at radius 1 is 1.05 bits per heavy atom. The molecule has 2 aromatic rings. The highest BCUT2D eigenvalue weighted by molar-refractivity contribution is 5.85. The number of likely N-dealkylation sites (N-methyl/N-ethyl adjacent to an activating group) is 1. The summed E-state index contributed by atoms with van der Waals surface area (Å²) in [4.78, 5) is 89.1. The first kappa shape index (κ1) is 48.6. The number of ketones is 1. The second kappa shape index (κ2) is 20.0. The van der Waals surface area contributed by atoms with Gasteiger partial charge in [0.15, 0.2) is 18.0 Å². The van der Waals surface area contributed by atoms with E-state index in [0.29, 0.717) is 12.0 Å². The average Bonchev–Trinajstić information content (AvgIpc) is 3.84. The quantitative estimate of drug-likeness (QED) is 0.265. The van der Waals surface area contributed by atoms with Gasteiger partial charge in [-0.15, -0.1) is 0 Å². The SMILES string of the molecule is CC[C@H]1OC(=O)[C@H](C)[C@@H](OC(=O)Cc2cccnc2)[C@H](C)[C@@H](O[C@@H]2O[C@H](C)C[C@H](N(C)C)[C@H]2OC(C)=O)[C@](C)(OC(=O)n2ccc(C#N)c2)C[C@@H](C)C(=O)[C@H](C)[C@H]2NC(=O)O[C@@]21C. The number of rotatable bonds is 9. The molecule has 1 N–H and O–H groups in total. The number of pyridine rings is 1. The molecule has 0 saturated carbocycles. The van der Waals surface area contributed by atoms with Gasteiger partial charge >= 0.3 is 30.1 Å². The maximum absolute atomic E-state index is 14.7. The summed E-state index contributed by atoms with van der Waals surface area (Å²) in [6.45, 7) is 14.5. The number of Topliss-reactive ketones (excluding diaryl/α,β-unsaturated/α-hetero) is 1. The van der Waals surface area contributed by atoms with Crippen molar-refractivity contribution in [2.75, 3.05) is 14.1 Å². The zero-order chi connectivity index (χ0) is 46.6. The number of carbonyl (C=O) groups is 6. The largest absolute Gasteiger partial charge is 0.461 e. The number of carbonyl (C=O) groups excluding carboxylic acids is 6. The predicted octanol–water partition coefficient (Wildman–Crippen LogP) is 4.74. The summed E-state index contributed by atoms with van der Waals surface area (Å²) < 4.78 is 45.1. The number of nitrogens with one attached hydrogen (secondary N) is 1. The van der Waals surface area contributed by atoms with Gasteiger partial charge in [-0.1, -0.05) is 33.8 Å². The molecule has 3 aliphatic rings. The first-order chi connectivity index (χ1) is 29.6. The van der Waals surface area contributed by atoms with Crippen molar-refractivity contribution < 1.29 is 61.9 Å². The fourth-order valence-corrected chi connectivity index (χ4v) is 9.43. The average molecular weight is 880 g/mol. The fraction of sp³-hybridized carbons (Fsp3) is 0.644. The summed E-state index contributed by atoms with van der Waals surface area (Å²) in [6.07, 6.45) is -2.45. The molecule has 0 spiro atoms. The summed E-state index contributed by atoms with van der Waals surface area (Å²) in [5.74, 6) is -6.67. The molecule has 0 bridgehead atoms. The highest BCUT2D eigenvalue weighted by atomic mass is 16.7. The van der Waals surface area contributed by atoms with Crippen molar-refractivity contribution in [1.29, 1.82) is 5.26 Å². The Morgan fingerprint density at radius 3 is 2.37 bits per heavy atom. The van der Waals surface area contributed by atoms with Crippen molar-refractivity contribution >= 4 is 35.9 Å². The van der Waals surface area contributed by atoms with Crippen LogP contribution in [-0.2, 0) is 58.8 Å². The second-order valence-electron chi connectivity index (χ2n) is 17.8. The van der Waals surface area contributed by atoms with Gasteiger partial charge < -0.3 is 43.4 Å². The summed E-state index contributed by atoms with van der Waals surface area (Å²) in [7, 11) is 3.65. The van der Waals surface area contributed by atoms with Gasteiger partial charge in [0.2, 0.25) is 0 Å². The Morgan fingerprint density at radius 2 is 1.76 bits per heavy atom. The number of aromatic nitrogens is 2. The van der Waals surface area contributed by atoms with E-state index in [0.717, 1.165) is 4.57 Å². The lowest BCUT2D eigenvalue weighted by Gasteiger charge is -2.48. The molecule has 18 heteroatoms. The van der Waals surface area contributed by atoms with E-state index in [1.54, 1.807) is 59.9 Å². The minimum Gasteiger partial charge on any atom is -0.461 e. The number of hydrogen-bond donors (Lipinski definition) is 1. The van der Waals surface area contributed by atoms with Crippen LogP contribution in [0.5, 0.6) is 0 Å². The van der Waals surface area contributed by atoms with Crippen molar-refractivity contribution in [3.8, 4) is 6.07 Å². The van der Waals surface area contributed by atoms with E-state index >= 15 is 0 Å². The van der Waals surface area contributed by atoms with Gasteiger partial charge in [0.25, 0.3) is 0 Å². The minimum atomic E-state index is -1.85. The predicted molar refractivity (Wildman–Crippen MR) is 222 cm³/mol. The van der Waals surface area contributed by atoms with E-state index in [2.05, 4.69) is 10.3 Å². The van der Waals surface area contributed by atoms with Crippen molar-refractivity contribution in [3.63, 3.8) is 0 Å². The highest BCUT2D eigenvalue weighted by Gasteiger charge is 2.58. The van der Waals surface area contributed by atoms with Crippen LogP contribution in [0.2, 0.25) is 0 Å². The number of nitriles is 1. The van der Waals surface area contributed by atoms with Crippen molar-refractivity contribution in [3.05, 3.63) is 54.1 Å². The van der Waals surface area contributed by atoms with Gasteiger partial charge in [0.05, 0.1) is 36.1 Å². The molecular weight excluding hydrogens is 819 g/mol. The van der Waals surface area contributed by atoms with Crippen LogP contribution in [0.4, 0.5) is 9.59 Å². The lowest BCUT2D eigenvalue weighted by atomic mass is 9.73. The van der Waals surface area contributed by atoms with Crippen LogP contribution < -0.4 is 5.32 Å². The summed E-state index contributed by atoms with van der Waals surface area (Å²) in [5, 5.41) is 12.3. The highest BCUT2D eigenvalue weighted by Crippen LogP contribution is 2.42. The van der Waals surface area contributed by atoms with Crippen molar-refractivity contribution in [2.45, 2.75) is 148 Å². The van der Waals surface area contributed by atoms with E-state index in [4.69, 9.17) is 33.2 Å². The first-order valence-corrected chi connectivity index (χ1v) is 21.4. The normalized spacial score (nSPS) is 35.2. The van der Waals surface area contributed by atoms with Crippen molar-refractivity contribution in [2.24, 2.45) is 23.7 Å². The molecule has 5 heterocycles. The lowest BCUT2D eigenvalue weighted by Crippen LogP contribution is -2.62. The number of esters is 3. The Hall–Kier alpha value is -5.38.